The van der Waals surface area contributed by atoms with Gasteiger partial charge in [0.05, 0.1) is 6.10 Å². The van der Waals surface area contributed by atoms with Crippen LogP contribution in [-0.4, -0.2) is 52.5 Å². The first-order chi connectivity index (χ1) is 10.3. The maximum absolute atomic E-state index is 5.64. The van der Waals surface area contributed by atoms with E-state index in [4.69, 9.17) is 9.47 Å². The molecule has 21 heavy (non-hydrogen) atoms. The monoisotopic (exact) mass is 297 g/mol. The molecule has 1 saturated heterocycles. The SMILES string of the molecule is CN=C(NCC1CCCO1)NCC1(CCOC)CCCC1. The molecular formula is C16H31N3O2. The molecule has 0 aromatic rings. The molecule has 5 heteroatoms. The molecule has 0 aromatic heterocycles. The van der Waals surface area contributed by atoms with Gasteiger partial charge in [-0.25, -0.2) is 0 Å². The molecule has 2 aliphatic rings. The van der Waals surface area contributed by atoms with E-state index in [1.165, 1.54) is 32.1 Å². The second-order valence-electron chi connectivity index (χ2n) is 6.39. The van der Waals surface area contributed by atoms with Crippen LogP contribution in [0.4, 0.5) is 0 Å². The summed E-state index contributed by atoms with van der Waals surface area (Å²) in [6, 6.07) is 0. The maximum atomic E-state index is 5.64. The summed E-state index contributed by atoms with van der Waals surface area (Å²) in [6.07, 6.45) is 9.09. The van der Waals surface area contributed by atoms with E-state index in [9.17, 15) is 0 Å². The summed E-state index contributed by atoms with van der Waals surface area (Å²) in [5.74, 6) is 0.897. The standard InChI is InChI=1S/C16H31N3O2/c1-17-15(18-12-14-6-5-10-21-14)19-13-16(9-11-20-2)7-3-4-8-16/h14H,3-13H2,1-2H3,(H2,17,18,19). The van der Waals surface area contributed by atoms with Gasteiger partial charge in [0.2, 0.25) is 0 Å². The molecule has 2 N–H and O–H groups in total. The van der Waals surface area contributed by atoms with E-state index in [0.717, 1.165) is 45.1 Å². The van der Waals surface area contributed by atoms with Crippen molar-refractivity contribution in [3.63, 3.8) is 0 Å². The number of hydrogen-bond donors (Lipinski definition) is 2. The number of aliphatic imine (C=N–C) groups is 1. The minimum Gasteiger partial charge on any atom is -0.385 e. The first kappa shape index (κ1) is 16.6. The molecule has 1 saturated carbocycles. The summed E-state index contributed by atoms with van der Waals surface area (Å²) in [7, 11) is 3.62. The third-order valence-electron chi connectivity index (χ3n) is 4.88. The van der Waals surface area contributed by atoms with E-state index in [2.05, 4.69) is 15.6 Å². The highest BCUT2D eigenvalue weighted by Crippen LogP contribution is 2.40. The van der Waals surface area contributed by atoms with Crippen LogP contribution in [0.1, 0.15) is 44.9 Å². The largest absolute Gasteiger partial charge is 0.385 e. The van der Waals surface area contributed by atoms with Crippen molar-refractivity contribution in [2.24, 2.45) is 10.4 Å². The Morgan fingerprint density at radius 3 is 2.71 bits per heavy atom. The average Bonchev–Trinajstić information content (AvgIpc) is 3.17. The zero-order valence-electron chi connectivity index (χ0n) is 13.6. The molecule has 1 aliphatic carbocycles. The fourth-order valence-electron chi connectivity index (χ4n) is 3.47. The number of rotatable bonds is 7. The molecular weight excluding hydrogens is 266 g/mol. The van der Waals surface area contributed by atoms with Gasteiger partial charge in [-0.1, -0.05) is 12.8 Å². The van der Waals surface area contributed by atoms with Gasteiger partial charge >= 0.3 is 0 Å². The molecule has 2 rings (SSSR count). The van der Waals surface area contributed by atoms with Crippen LogP contribution in [-0.2, 0) is 9.47 Å². The summed E-state index contributed by atoms with van der Waals surface area (Å²) in [5.41, 5.74) is 0.386. The van der Waals surface area contributed by atoms with Gasteiger partial charge in [-0.3, -0.25) is 4.99 Å². The molecule has 1 aliphatic heterocycles. The predicted octanol–water partition coefficient (Wildman–Crippen LogP) is 1.93. The van der Waals surface area contributed by atoms with Crippen molar-refractivity contribution in [3.05, 3.63) is 0 Å². The first-order valence-corrected chi connectivity index (χ1v) is 8.33. The predicted molar refractivity (Wildman–Crippen MR) is 85.7 cm³/mol. The van der Waals surface area contributed by atoms with E-state index in [1.807, 2.05) is 7.05 Å². The fraction of sp³-hybridized carbons (Fsp3) is 0.938. The molecule has 0 radical (unpaired) electrons. The maximum Gasteiger partial charge on any atom is 0.191 e. The Labute approximate surface area is 128 Å². The lowest BCUT2D eigenvalue weighted by Gasteiger charge is -2.30. The Bertz CT molecular complexity index is 321. The highest BCUT2D eigenvalue weighted by molar-refractivity contribution is 5.79. The Kier molecular flexibility index (Phi) is 6.77. The van der Waals surface area contributed by atoms with E-state index in [0.29, 0.717) is 11.5 Å². The normalized spacial score (nSPS) is 25.2. The van der Waals surface area contributed by atoms with Gasteiger partial charge in [0, 0.05) is 40.5 Å². The van der Waals surface area contributed by atoms with Crippen LogP contribution in [0.25, 0.3) is 0 Å². The molecule has 2 fully saturated rings. The molecule has 122 valence electrons. The zero-order valence-corrected chi connectivity index (χ0v) is 13.6. The van der Waals surface area contributed by atoms with Crippen molar-refractivity contribution >= 4 is 5.96 Å². The van der Waals surface area contributed by atoms with Crippen molar-refractivity contribution < 1.29 is 9.47 Å². The molecule has 5 nitrogen and oxygen atoms in total. The quantitative estimate of drug-likeness (QED) is 0.557. The van der Waals surface area contributed by atoms with Crippen LogP contribution < -0.4 is 10.6 Å². The lowest BCUT2D eigenvalue weighted by Crippen LogP contribution is -2.45. The number of methoxy groups -OCH3 is 1. The first-order valence-electron chi connectivity index (χ1n) is 8.33. The van der Waals surface area contributed by atoms with Crippen molar-refractivity contribution in [1.82, 2.24) is 10.6 Å². The number of nitrogens with zero attached hydrogens (tertiary/aromatic N) is 1. The summed E-state index contributed by atoms with van der Waals surface area (Å²) < 4.78 is 10.9. The second kappa shape index (κ2) is 8.59. The third-order valence-corrected chi connectivity index (χ3v) is 4.88. The fourth-order valence-corrected chi connectivity index (χ4v) is 3.47. The number of hydrogen-bond acceptors (Lipinski definition) is 3. The minimum atomic E-state index is 0.345. The van der Waals surface area contributed by atoms with Gasteiger partial charge < -0.3 is 20.1 Å². The van der Waals surface area contributed by atoms with Crippen molar-refractivity contribution in [1.29, 1.82) is 0 Å². The van der Waals surface area contributed by atoms with Gasteiger partial charge in [-0.2, -0.15) is 0 Å². The van der Waals surface area contributed by atoms with E-state index >= 15 is 0 Å². The van der Waals surface area contributed by atoms with Crippen LogP contribution in [0.2, 0.25) is 0 Å². The molecule has 0 spiro atoms. The van der Waals surface area contributed by atoms with Gasteiger partial charge in [-0.15, -0.1) is 0 Å². The van der Waals surface area contributed by atoms with Gasteiger partial charge in [0.25, 0.3) is 0 Å². The Balaban J connectivity index is 1.74. The molecule has 1 heterocycles. The van der Waals surface area contributed by atoms with Crippen LogP contribution in [0.15, 0.2) is 4.99 Å². The number of ether oxygens (including phenoxy) is 2. The number of guanidine groups is 1. The summed E-state index contributed by atoms with van der Waals surface area (Å²) in [4.78, 5) is 4.33. The third kappa shape index (κ3) is 5.15. The molecule has 0 aromatic carbocycles. The van der Waals surface area contributed by atoms with Crippen molar-refractivity contribution in [2.75, 3.05) is 40.5 Å². The van der Waals surface area contributed by atoms with Gasteiger partial charge in [-0.05, 0) is 37.5 Å². The van der Waals surface area contributed by atoms with Crippen LogP contribution in [0, 0.1) is 5.41 Å². The molecule has 1 atom stereocenters. The smallest absolute Gasteiger partial charge is 0.191 e. The van der Waals surface area contributed by atoms with Gasteiger partial charge in [0.1, 0.15) is 0 Å². The van der Waals surface area contributed by atoms with Crippen molar-refractivity contribution in [2.45, 2.75) is 51.0 Å². The Hall–Kier alpha value is -0.810. The topological polar surface area (TPSA) is 54.9 Å². The molecule has 0 amide bonds. The highest BCUT2D eigenvalue weighted by atomic mass is 16.5. The lowest BCUT2D eigenvalue weighted by atomic mass is 9.83. The van der Waals surface area contributed by atoms with E-state index in [-0.39, 0.29) is 0 Å². The van der Waals surface area contributed by atoms with Crippen LogP contribution >= 0.6 is 0 Å². The average molecular weight is 297 g/mol. The van der Waals surface area contributed by atoms with E-state index in [1.54, 1.807) is 7.11 Å². The second-order valence-corrected chi connectivity index (χ2v) is 6.39. The summed E-state index contributed by atoms with van der Waals surface area (Å²) in [5, 5.41) is 6.90. The van der Waals surface area contributed by atoms with Gasteiger partial charge in [0.15, 0.2) is 5.96 Å². The highest BCUT2D eigenvalue weighted by Gasteiger charge is 2.33. The van der Waals surface area contributed by atoms with E-state index < -0.39 is 0 Å². The molecule has 1 unspecified atom stereocenters. The number of nitrogens with one attached hydrogen (secondary N) is 2. The van der Waals surface area contributed by atoms with Crippen LogP contribution in [0.3, 0.4) is 0 Å². The minimum absolute atomic E-state index is 0.345. The summed E-state index contributed by atoms with van der Waals surface area (Å²) in [6.45, 7) is 3.59. The van der Waals surface area contributed by atoms with Crippen LogP contribution in [0.5, 0.6) is 0 Å². The zero-order chi connectivity index (χ0) is 15.0. The van der Waals surface area contributed by atoms with Crippen molar-refractivity contribution in [3.8, 4) is 0 Å². The lowest BCUT2D eigenvalue weighted by molar-refractivity contribution is 0.113. The molecule has 0 bridgehead atoms. The Morgan fingerprint density at radius 1 is 1.29 bits per heavy atom. The Morgan fingerprint density at radius 2 is 2.10 bits per heavy atom. The summed E-state index contributed by atoms with van der Waals surface area (Å²) >= 11 is 0.